The van der Waals surface area contributed by atoms with Gasteiger partial charge in [-0.3, -0.25) is 4.79 Å². The van der Waals surface area contributed by atoms with Crippen molar-refractivity contribution >= 4 is 12.0 Å². The predicted molar refractivity (Wildman–Crippen MR) is 89.8 cm³/mol. The minimum absolute atomic E-state index is 0.00277. The third-order valence-corrected chi connectivity index (χ3v) is 4.85. The summed E-state index contributed by atoms with van der Waals surface area (Å²) < 4.78 is 5.39. The molecule has 25 heavy (non-hydrogen) atoms. The van der Waals surface area contributed by atoms with Crippen LogP contribution in [0.25, 0.3) is 11.1 Å². The molecule has 2 fully saturated rings. The van der Waals surface area contributed by atoms with Gasteiger partial charge in [-0.25, -0.2) is 14.8 Å². The van der Waals surface area contributed by atoms with Crippen LogP contribution in [0.1, 0.15) is 23.2 Å². The molecule has 0 saturated carbocycles. The van der Waals surface area contributed by atoms with Crippen molar-refractivity contribution in [2.75, 3.05) is 19.6 Å². The first-order valence-corrected chi connectivity index (χ1v) is 8.27. The van der Waals surface area contributed by atoms with E-state index in [4.69, 9.17) is 4.74 Å². The highest BCUT2D eigenvalue weighted by Gasteiger charge is 2.43. The first-order valence-electron chi connectivity index (χ1n) is 8.27. The van der Waals surface area contributed by atoms with Crippen LogP contribution in [0.2, 0.25) is 0 Å². The van der Waals surface area contributed by atoms with E-state index in [1.165, 1.54) is 6.33 Å². The maximum absolute atomic E-state index is 12.7. The SMILES string of the molecule is O=C1NCC2(CCN(C(=O)c3ccc(-c4cncnc4)cc3)CC2)O1. The Morgan fingerprint density at radius 3 is 2.36 bits per heavy atom. The standard InChI is InChI=1S/C18H18N4O3/c23-16(22-7-5-18(6-8-22)11-21-17(24)25-18)14-3-1-13(2-4-14)15-9-19-12-20-10-15/h1-4,9-10,12H,5-8,11H2,(H,21,24). The van der Waals surface area contributed by atoms with Crippen LogP contribution < -0.4 is 5.32 Å². The molecular weight excluding hydrogens is 320 g/mol. The Labute approximate surface area is 145 Å². The number of nitrogens with zero attached hydrogens (tertiary/aromatic N) is 3. The minimum Gasteiger partial charge on any atom is -0.441 e. The fourth-order valence-corrected chi connectivity index (χ4v) is 3.33. The highest BCUT2D eigenvalue weighted by molar-refractivity contribution is 5.94. The van der Waals surface area contributed by atoms with Crippen LogP contribution in [0.3, 0.4) is 0 Å². The van der Waals surface area contributed by atoms with E-state index in [2.05, 4.69) is 15.3 Å². The Morgan fingerprint density at radius 2 is 1.76 bits per heavy atom. The number of nitrogens with one attached hydrogen (secondary N) is 1. The molecule has 1 aromatic carbocycles. The molecule has 7 heteroatoms. The molecule has 1 spiro atoms. The third-order valence-electron chi connectivity index (χ3n) is 4.85. The van der Waals surface area contributed by atoms with Crippen LogP contribution in [0.4, 0.5) is 4.79 Å². The lowest BCUT2D eigenvalue weighted by atomic mass is 9.91. The van der Waals surface area contributed by atoms with E-state index in [1.807, 2.05) is 29.2 Å². The van der Waals surface area contributed by atoms with Gasteiger partial charge in [0, 0.05) is 49.5 Å². The lowest BCUT2D eigenvalue weighted by molar-refractivity contribution is 0.00331. The van der Waals surface area contributed by atoms with Crippen molar-refractivity contribution in [1.29, 1.82) is 0 Å². The van der Waals surface area contributed by atoms with Gasteiger partial charge in [0.25, 0.3) is 5.91 Å². The molecule has 0 bridgehead atoms. The van der Waals surface area contributed by atoms with Crippen molar-refractivity contribution in [3.8, 4) is 11.1 Å². The van der Waals surface area contributed by atoms with Crippen molar-refractivity contribution in [2.45, 2.75) is 18.4 Å². The summed E-state index contributed by atoms with van der Waals surface area (Å²) in [7, 11) is 0. The van der Waals surface area contributed by atoms with Gasteiger partial charge in [-0.1, -0.05) is 12.1 Å². The normalized spacial score (nSPS) is 18.7. The van der Waals surface area contributed by atoms with Crippen LogP contribution in [0.5, 0.6) is 0 Å². The van der Waals surface area contributed by atoms with E-state index >= 15 is 0 Å². The van der Waals surface area contributed by atoms with Gasteiger partial charge in [-0.15, -0.1) is 0 Å². The number of rotatable bonds is 2. The van der Waals surface area contributed by atoms with Crippen LogP contribution in [-0.4, -0.2) is 52.1 Å². The van der Waals surface area contributed by atoms with E-state index in [1.54, 1.807) is 12.4 Å². The largest absolute Gasteiger partial charge is 0.441 e. The number of carbonyl (C=O) groups excluding carboxylic acids is 2. The number of carbonyl (C=O) groups is 2. The van der Waals surface area contributed by atoms with Gasteiger partial charge in [0.1, 0.15) is 11.9 Å². The van der Waals surface area contributed by atoms with Crippen molar-refractivity contribution in [3.05, 3.63) is 48.5 Å². The molecule has 4 rings (SSSR count). The second-order valence-corrected chi connectivity index (χ2v) is 6.42. The van der Waals surface area contributed by atoms with E-state index in [-0.39, 0.29) is 12.0 Å². The summed E-state index contributed by atoms with van der Waals surface area (Å²) >= 11 is 0. The number of amides is 2. The van der Waals surface area contributed by atoms with Crippen LogP contribution in [0, 0.1) is 0 Å². The van der Waals surface area contributed by atoms with Gasteiger partial charge >= 0.3 is 6.09 Å². The summed E-state index contributed by atoms with van der Waals surface area (Å²) in [6, 6.07) is 7.46. The van der Waals surface area contributed by atoms with E-state index < -0.39 is 5.60 Å². The molecule has 2 amide bonds. The Hall–Kier alpha value is -2.96. The minimum atomic E-state index is -0.439. The van der Waals surface area contributed by atoms with Crippen LogP contribution >= 0.6 is 0 Å². The number of alkyl carbamates (subject to hydrolysis) is 1. The highest BCUT2D eigenvalue weighted by Crippen LogP contribution is 2.30. The Morgan fingerprint density at radius 1 is 1.08 bits per heavy atom. The zero-order valence-corrected chi connectivity index (χ0v) is 13.6. The lowest BCUT2D eigenvalue weighted by Gasteiger charge is -2.37. The molecule has 7 nitrogen and oxygen atoms in total. The summed E-state index contributed by atoms with van der Waals surface area (Å²) in [5.41, 5.74) is 2.10. The number of aromatic nitrogens is 2. The molecule has 128 valence electrons. The zero-order chi connectivity index (χ0) is 17.3. The Kier molecular flexibility index (Phi) is 3.83. The molecule has 0 atom stereocenters. The fraction of sp³-hybridized carbons (Fsp3) is 0.333. The molecule has 2 aliphatic heterocycles. The van der Waals surface area contributed by atoms with Gasteiger partial charge in [0.2, 0.25) is 0 Å². The average molecular weight is 338 g/mol. The number of hydrogen-bond donors (Lipinski definition) is 1. The van der Waals surface area contributed by atoms with Gasteiger partial charge in [0.15, 0.2) is 0 Å². The maximum atomic E-state index is 12.7. The number of hydrogen-bond acceptors (Lipinski definition) is 5. The van der Waals surface area contributed by atoms with Crippen molar-refractivity contribution in [2.24, 2.45) is 0 Å². The average Bonchev–Trinajstić information content (AvgIpc) is 3.03. The van der Waals surface area contributed by atoms with Gasteiger partial charge < -0.3 is 15.0 Å². The molecule has 1 aromatic heterocycles. The van der Waals surface area contributed by atoms with Gasteiger partial charge in [-0.05, 0) is 17.7 Å². The molecular formula is C18H18N4O3. The second-order valence-electron chi connectivity index (χ2n) is 6.42. The Bertz CT molecular complexity index is 784. The monoisotopic (exact) mass is 338 g/mol. The van der Waals surface area contributed by atoms with E-state index in [0.717, 1.165) is 11.1 Å². The number of piperidine rings is 1. The summed E-state index contributed by atoms with van der Waals surface area (Å²) in [6.07, 6.45) is 5.94. The zero-order valence-electron chi connectivity index (χ0n) is 13.6. The topological polar surface area (TPSA) is 84.4 Å². The summed E-state index contributed by atoms with van der Waals surface area (Å²) in [6.45, 7) is 1.70. The highest BCUT2D eigenvalue weighted by atomic mass is 16.6. The maximum Gasteiger partial charge on any atom is 0.407 e. The van der Waals surface area contributed by atoms with E-state index in [0.29, 0.717) is 38.0 Å². The molecule has 0 aliphatic carbocycles. The molecule has 0 unspecified atom stereocenters. The fourth-order valence-electron chi connectivity index (χ4n) is 3.33. The van der Waals surface area contributed by atoms with E-state index in [9.17, 15) is 9.59 Å². The molecule has 1 N–H and O–H groups in total. The number of ether oxygens (including phenoxy) is 1. The van der Waals surface area contributed by atoms with Crippen molar-refractivity contribution < 1.29 is 14.3 Å². The molecule has 2 saturated heterocycles. The van der Waals surface area contributed by atoms with Gasteiger partial charge in [-0.2, -0.15) is 0 Å². The smallest absolute Gasteiger partial charge is 0.407 e. The lowest BCUT2D eigenvalue weighted by Crippen LogP contribution is -2.48. The summed E-state index contributed by atoms with van der Waals surface area (Å²) in [4.78, 5) is 33.8. The summed E-state index contributed by atoms with van der Waals surface area (Å²) in [5, 5.41) is 2.70. The number of benzene rings is 1. The van der Waals surface area contributed by atoms with Crippen LogP contribution in [-0.2, 0) is 4.74 Å². The molecule has 3 heterocycles. The second kappa shape index (κ2) is 6.16. The Balaban J connectivity index is 1.42. The third kappa shape index (κ3) is 3.05. The molecule has 2 aliphatic rings. The molecule has 2 aromatic rings. The first-order chi connectivity index (χ1) is 12.2. The first kappa shape index (κ1) is 15.6. The predicted octanol–water partition coefficient (Wildman–Crippen LogP) is 1.86. The van der Waals surface area contributed by atoms with Crippen molar-refractivity contribution in [1.82, 2.24) is 20.2 Å². The van der Waals surface area contributed by atoms with Crippen molar-refractivity contribution in [3.63, 3.8) is 0 Å². The van der Waals surface area contributed by atoms with Crippen LogP contribution in [0.15, 0.2) is 43.0 Å². The summed E-state index contributed by atoms with van der Waals surface area (Å²) in [5.74, 6) is 0.00277. The van der Waals surface area contributed by atoms with Gasteiger partial charge in [0.05, 0.1) is 6.54 Å². The number of likely N-dealkylation sites (tertiary alicyclic amines) is 1. The quantitative estimate of drug-likeness (QED) is 0.903. The molecule has 0 radical (unpaired) electrons.